The Kier molecular flexibility index (Phi) is 4.48. The highest BCUT2D eigenvalue weighted by Crippen LogP contribution is 2.25. The van der Waals surface area contributed by atoms with Crippen LogP contribution < -0.4 is 0 Å². The van der Waals surface area contributed by atoms with Crippen molar-refractivity contribution in [1.82, 2.24) is 0 Å². The second-order valence-corrected chi connectivity index (χ2v) is 5.07. The Balaban J connectivity index is 3.19. The predicted octanol–water partition coefficient (Wildman–Crippen LogP) is 2.44. The molecule has 0 fully saturated rings. The van der Waals surface area contributed by atoms with Gasteiger partial charge in [0.2, 0.25) is 0 Å². The Hall–Kier alpha value is -1.84. The fourth-order valence-corrected chi connectivity index (χ4v) is 1.57. The third-order valence-electron chi connectivity index (χ3n) is 2.60. The van der Waals surface area contributed by atoms with Gasteiger partial charge in [0.15, 0.2) is 0 Å². The summed E-state index contributed by atoms with van der Waals surface area (Å²) in [6, 6.07) is 5.40. The fourth-order valence-electron chi connectivity index (χ4n) is 1.57. The zero-order valence-corrected chi connectivity index (χ0v) is 11.1. The third-order valence-corrected chi connectivity index (χ3v) is 2.60. The summed E-state index contributed by atoms with van der Waals surface area (Å²) < 4.78 is 9.44. The maximum absolute atomic E-state index is 11.6. The molecule has 0 aliphatic heterocycles. The highest BCUT2D eigenvalue weighted by molar-refractivity contribution is 5.89. The molecule has 0 saturated carbocycles. The van der Waals surface area contributed by atoms with E-state index in [1.165, 1.54) is 7.11 Å². The Labute approximate surface area is 107 Å². The first-order valence-electron chi connectivity index (χ1n) is 5.66. The van der Waals surface area contributed by atoms with Crippen LogP contribution in [0, 0.1) is 0 Å². The monoisotopic (exact) mass is 250 g/mol. The minimum Gasteiger partial charge on any atom is -0.465 e. The van der Waals surface area contributed by atoms with E-state index in [0.717, 1.165) is 11.1 Å². The van der Waals surface area contributed by atoms with Crippen LogP contribution in [-0.2, 0) is 26.3 Å². The van der Waals surface area contributed by atoms with E-state index in [1.807, 2.05) is 26.8 Å². The van der Waals surface area contributed by atoms with Gasteiger partial charge in [0.25, 0.3) is 6.47 Å². The molecule has 0 N–H and O–H groups in total. The predicted molar refractivity (Wildman–Crippen MR) is 67.3 cm³/mol. The summed E-state index contributed by atoms with van der Waals surface area (Å²) in [6.07, 6.45) is 0. The van der Waals surface area contributed by atoms with Crippen LogP contribution in [0.5, 0.6) is 0 Å². The van der Waals surface area contributed by atoms with E-state index in [9.17, 15) is 9.59 Å². The lowest BCUT2D eigenvalue weighted by molar-refractivity contribution is -0.129. The number of esters is 1. The first kappa shape index (κ1) is 14.2. The summed E-state index contributed by atoms with van der Waals surface area (Å²) in [5, 5.41) is 0. The third kappa shape index (κ3) is 3.58. The summed E-state index contributed by atoms with van der Waals surface area (Å²) in [7, 11) is 1.34. The molecule has 1 aromatic rings. The van der Waals surface area contributed by atoms with Gasteiger partial charge in [0.05, 0.1) is 12.7 Å². The summed E-state index contributed by atoms with van der Waals surface area (Å²) in [6.45, 7) is 6.69. The summed E-state index contributed by atoms with van der Waals surface area (Å²) in [4.78, 5) is 21.8. The van der Waals surface area contributed by atoms with Crippen molar-refractivity contribution in [3.63, 3.8) is 0 Å². The van der Waals surface area contributed by atoms with Gasteiger partial charge < -0.3 is 9.47 Å². The lowest BCUT2D eigenvalue weighted by Gasteiger charge is -2.20. The van der Waals surface area contributed by atoms with Crippen molar-refractivity contribution < 1.29 is 19.1 Å². The van der Waals surface area contributed by atoms with Gasteiger partial charge in [-0.15, -0.1) is 0 Å². The number of ether oxygens (including phenoxy) is 2. The van der Waals surface area contributed by atoms with Crippen molar-refractivity contribution in [2.24, 2.45) is 0 Å². The number of hydrogen-bond acceptors (Lipinski definition) is 4. The molecule has 0 amide bonds. The standard InChI is InChI=1S/C14H18O4/c1-14(2,3)12-6-10(8-18-9-15)5-11(7-12)13(16)17-4/h5-7,9H,8H2,1-4H3. The minimum absolute atomic E-state index is 0.0973. The van der Waals surface area contributed by atoms with Crippen LogP contribution in [0.2, 0.25) is 0 Å². The average Bonchev–Trinajstić information content (AvgIpc) is 2.33. The van der Waals surface area contributed by atoms with Crippen LogP contribution in [0.1, 0.15) is 42.3 Å². The highest BCUT2D eigenvalue weighted by Gasteiger charge is 2.17. The molecule has 0 unspecified atom stereocenters. The van der Waals surface area contributed by atoms with Crippen molar-refractivity contribution in [2.75, 3.05) is 7.11 Å². The number of benzene rings is 1. The van der Waals surface area contributed by atoms with E-state index in [0.29, 0.717) is 12.0 Å². The SMILES string of the molecule is COC(=O)c1cc(COC=O)cc(C(C)(C)C)c1. The van der Waals surface area contributed by atoms with Crippen LogP contribution in [0.4, 0.5) is 0 Å². The van der Waals surface area contributed by atoms with Crippen molar-refractivity contribution in [1.29, 1.82) is 0 Å². The summed E-state index contributed by atoms with van der Waals surface area (Å²) in [5.41, 5.74) is 2.14. The lowest BCUT2D eigenvalue weighted by Crippen LogP contribution is -2.14. The molecule has 4 heteroatoms. The van der Waals surface area contributed by atoms with Gasteiger partial charge in [0, 0.05) is 0 Å². The van der Waals surface area contributed by atoms with Crippen LogP contribution >= 0.6 is 0 Å². The molecule has 0 aliphatic carbocycles. The van der Waals surface area contributed by atoms with E-state index in [1.54, 1.807) is 12.1 Å². The van der Waals surface area contributed by atoms with Crippen molar-refractivity contribution in [2.45, 2.75) is 32.8 Å². The van der Waals surface area contributed by atoms with Crippen molar-refractivity contribution in [3.8, 4) is 0 Å². The molecule has 0 aromatic heterocycles. The molecule has 4 nitrogen and oxygen atoms in total. The van der Waals surface area contributed by atoms with Crippen molar-refractivity contribution >= 4 is 12.4 Å². The number of hydrogen-bond donors (Lipinski definition) is 0. The van der Waals surface area contributed by atoms with E-state index in [2.05, 4.69) is 0 Å². The fraction of sp³-hybridized carbons (Fsp3) is 0.429. The second-order valence-electron chi connectivity index (χ2n) is 5.07. The van der Waals surface area contributed by atoms with Gasteiger partial charge in [-0.1, -0.05) is 26.8 Å². The van der Waals surface area contributed by atoms with Gasteiger partial charge in [-0.2, -0.15) is 0 Å². The van der Waals surface area contributed by atoms with E-state index >= 15 is 0 Å². The number of carbonyl (C=O) groups excluding carboxylic acids is 2. The highest BCUT2D eigenvalue weighted by atomic mass is 16.5. The first-order chi connectivity index (χ1) is 8.38. The second kappa shape index (κ2) is 5.67. The molecule has 0 aliphatic rings. The molecule has 0 atom stereocenters. The molecule has 0 radical (unpaired) electrons. The Morgan fingerprint density at radius 3 is 2.44 bits per heavy atom. The van der Waals surface area contributed by atoms with E-state index < -0.39 is 5.97 Å². The van der Waals surface area contributed by atoms with Crippen LogP contribution in [-0.4, -0.2) is 19.6 Å². The average molecular weight is 250 g/mol. The molecule has 0 spiro atoms. The molecule has 0 heterocycles. The molecule has 1 rings (SSSR count). The van der Waals surface area contributed by atoms with Gasteiger partial charge in [-0.05, 0) is 28.7 Å². The maximum Gasteiger partial charge on any atom is 0.337 e. The van der Waals surface area contributed by atoms with Gasteiger partial charge in [-0.3, -0.25) is 4.79 Å². The van der Waals surface area contributed by atoms with Crippen LogP contribution in [0.15, 0.2) is 18.2 Å². The first-order valence-corrected chi connectivity index (χ1v) is 5.66. The van der Waals surface area contributed by atoms with Gasteiger partial charge in [0.1, 0.15) is 6.61 Å². The molecular weight excluding hydrogens is 232 g/mol. The molecule has 98 valence electrons. The number of carbonyl (C=O) groups is 2. The lowest BCUT2D eigenvalue weighted by atomic mass is 9.85. The summed E-state index contributed by atoms with van der Waals surface area (Å²) in [5.74, 6) is -0.395. The van der Waals surface area contributed by atoms with E-state index in [4.69, 9.17) is 9.47 Å². The molecule has 0 saturated heterocycles. The molecule has 0 bridgehead atoms. The number of methoxy groups -OCH3 is 1. The quantitative estimate of drug-likeness (QED) is 0.608. The van der Waals surface area contributed by atoms with E-state index in [-0.39, 0.29) is 12.0 Å². The van der Waals surface area contributed by atoms with Crippen molar-refractivity contribution in [3.05, 3.63) is 34.9 Å². The Morgan fingerprint density at radius 1 is 1.28 bits per heavy atom. The topological polar surface area (TPSA) is 52.6 Å². The molecule has 1 aromatic carbocycles. The van der Waals surface area contributed by atoms with Gasteiger partial charge >= 0.3 is 5.97 Å². The van der Waals surface area contributed by atoms with Crippen LogP contribution in [0.3, 0.4) is 0 Å². The molecule has 18 heavy (non-hydrogen) atoms. The molecular formula is C14H18O4. The Morgan fingerprint density at radius 2 is 1.94 bits per heavy atom. The largest absolute Gasteiger partial charge is 0.465 e. The van der Waals surface area contributed by atoms with Crippen LogP contribution in [0.25, 0.3) is 0 Å². The van der Waals surface area contributed by atoms with Gasteiger partial charge in [-0.25, -0.2) is 4.79 Å². The zero-order chi connectivity index (χ0) is 13.8. The minimum atomic E-state index is -0.395. The maximum atomic E-state index is 11.6. The summed E-state index contributed by atoms with van der Waals surface area (Å²) >= 11 is 0. The zero-order valence-electron chi connectivity index (χ0n) is 11.1. The smallest absolute Gasteiger partial charge is 0.337 e. The number of rotatable bonds is 4. The Bertz CT molecular complexity index is 444. The normalized spacial score (nSPS) is 10.9.